The SMILES string of the molecule is C#CCC(C)NC(=O)c1sc(NC)nc1N. The summed E-state index contributed by atoms with van der Waals surface area (Å²) >= 11 is 1.22. The van der Waals surface area contributed by atoms with Crippen molar-refractivity contribution in [3.63, 3.8) is 0 Å². The van der Waals surface area contributed by atoms with E-state index in [1.165, 1.54) is 11.3 Å². The fourth-order valence-electron chi connectivity index (χ4n) is 1.12. The monoisotopic (exact) mass is 238 g/mol. The van der Waals surface area contributed by atoms with Crippen molar-refractivity contribution < 1.29 is 4.79 Å². The Morgan fingerprint density at radius 2 is 2.44 bits per heavy atom. The van der Waals surface area contributed by atoms with E-state index in [9.17, 15) is 4.79 Å². The summed E-state index contributed by atoms with van der Waals surface area (Å²) < 4.78 is 0. The largest absolute Gasteiger partial charge is 0.382 e. The summed E-state index contributed by atoms with van der Waals surface area (Å²) in [5.74, 6) is 2.48. The van der Waals surface area contributed by atoms with E-state index in [1.807, 2.05) is 6.92 Å². The van der Waals surface area contributed by atoms with Crippen LogP contribution in [0.2, 0.25) is 0 Å². The van der Waals surface area contributed by atoms with E-state index in [0.29, 0.717) is 16.4 Å². The van der Waals surface area contributed by atoms with Gasteiger partial charge in [-0.3, -0.25) is 4.79 Å². The summed E-state index contributed by atoms with van der Waals surface area (Å²) in [5, 5.41) is 6.21. The van der Waals surface area contributed by atoms with Crippen LogP contribution in [0, 0.1) is 12.3 Å². The molecule has 1 aromatic heterocycles. The third kappa shape index (κ3) is 2.87. The average Bonchev–Trinajstić information content (AvgIpc) is 2.60. The molecule has 6 heteroatoms. The first kappa shape index (κ1) is 12.3. The van der Waals surface area contributed by atoms with Gasteiger partial charge in [-0.15, -0.1) is 12.3 Å². The number of nitrogens with two attached hydrogens (primary N) is 1. The van der Waals surface area contributed by atoms with Crippen molar-refractivity contribution in [2.24, 2.45) is 0 Å². The van der Waals surface area contributed by atoms with Crippen molar-refractivity contribution in [2.45, 2.75) is 19.4 Å². The van der Waals surface area contributed by atoms with Gasteiger partial charge < -0.3 is 16.4 Å². The third-order valence-corrected chi connectivity index (χ3v) is 2.96. The lowest BCUT2D eigenvalue weighted by atomic mass is 10.2. The number of aromatic nitrogens is 1. The number of thiazole rings is 1. The summed E-state index contributed by atoms with van der Waals surface area (Å²) in [6, 6.07) is -0.0722. The molecule has 1 unspecified atom stereocenters. The molecule has 1 rings (SSSR count). The van der Waals surface area contributed by atoms with Gasteiger partial charge in [0.15, 0.2) is 5.13 Å². The average molecular weight is 238 g/mol. The number of rotatable bonds is 4. The van der Waals surface area contributed by atoms with Gasteiger partial charge in [-0.25, -0.2) is 4.98 Å². The number of carbonyl (C=O) groups excluding carboxylic acids is 1. The van der Waals surface area contributed by atoms with E-state index in [0.717, 1.165) is 0 Å². The Labute approximate surface area is 98.4 Å². The Morgan fingerprint density at radius 3 is 2.94 bits per heavy atom. The molecule has 1 heterocycles. The van der Waals surface area contributed by atoms with Crippen LogP contribution in [-0.4, -0.2) is 24.0 Å². The highest BCUT2D eigenvalue weighted by atomic mass is 32.1. The molecule has 1 amide bonds. The van der Waals surface area contributed by atoms with E-state index < -0.39 is 0 Å². The molecule has 0 bridgehead atoms. The zero-order valence-electron chi connectivity index (χ0n) is 9.20. The second-order valence-electron chi connectivity index (χ2n) is 3.27. The van der Waals surface area contributed by atoms with E-state index >= 15 is 0 Å². The van der Waals surface area contributed by atoms with Gasteiger partial charge in [0.1, 0.15) is 10.7 Å². The first-order valence-electron chi connectivity index (χ1n) is 4.76. The maximum atomic E-state index is 11.8. The third-order valence-electron chi connectivity index (χ3n) is 1.87. The molecular formula is C10H14N4OS. The van der Waals surface area contributed by atoms with Crippen LogP contribution < -0.4 is 16.4 Å². The molecule has 0 aliphatic heterocycles. The Balaban J connectivity index is 2.73. The number of nitrogens with zero attached hydrogens (tertiary/aromatic N) is 1. The van der Waals surface area contributed by atoms with Gasteiger partial charge in [0.05, 0.1) is 0 Å². The van der Waals surface area contributed by atoms with Crippen LogP contribution in [0.1, 0.15) is 23.0 Å². The van der Waals surface area contributed by atoms with Crippen molar-refractivity contribution in [3.05, 3.63) is 4.88 Å². The highest BCUT2D eigenvalue weighted by Crippen LogP contribution is 2.24. The molecule has 1 aromatic rings. The molecule has 1 atom stereocenters. The van der Waals surface area contributed by atoms with Crippen LogP contribution in [-0.2, 0) is 0 Å². The van der Waals surface area contributed by atoms with Crippen molar-refractivity contribution in [1.29, 1.82) is 0 Å². The fraction of sp³-hybridized carbons (Fsp3) is 0.400. The number of amides is 1. The normalized spacial score (nSPS) is 11.6. The van der Waals surface area contributed by atoms with Gasteiger partial charge in [-0.1, -0.05) is 11.3 Å². The minimum absolute atomic E-state index is 0.0722. The molecule has 16 heavy (non-hydrogen) atoms. The fourth-order valence-corrected chi connectivity index (χ4v) is 1.86. The summed E-state index contributed by atoms with van der Waals surface area (Å²) in [6.45, 7) is 1.84. The summed E-state index contributed by atoms with van der Waals surface area (Å²) in [6.07, 6.45) is 5.64. The lowest BCUT2D eigenvalue weighted by Gasteiger charge is -2.09. The Kier molecular flexibility index (Phi) is 4.14. The minimum Gasteiger partial charge on any atom is -0.382 e. The van der Waals surface area contributed by atoms with Crippen molar-refractivity contribution in [3.8, 4) is 12.3 Å². The Bertz CT molecular complexity index is 421. The molecule has 0 aliphatic carbocycles. The maximum absolute atomic E-state index is 11.8. The smallest absolute Gasteiger partial charge is 0.265 e. The highest BCUT2D eigenvalue weighted by Gasteiger charge is 2.16. The van der Waals surface area contributed by atoms with E-state index in [1.54, 1.807) is 7.05 Å². The number of nitrogen functional groups attached to an aromatic ring is 1. The predicted octanol–water partition coefficient (Wildman–Crippen LogP) is 0.909. The molecule has 0 aromatic carbocycles. The number of hydrogen-bond donors (Lipinski definition) is 3. The molecule has 5 nitrogen and oxygen atoms in total. The van der Waals surface area contributed by atoms with Crippen LogP contribution in [0.5, 0.6) is 0 Å². The van der Waals surface area contributed by atoms with Gasteiger partial charge in [-0.05, 0) is 6.92 Å². The second-order valence-corrected chi connectivity index (χ2v) is 4.27. The Hall–Kier alpha value is -1.74. The number of anilines is 2. The van der Waals surface area contributed by atoms with Crippen molar-refractivity contribution in [1.82, 2.24) is 10.3 Å². The van der Waals surface area contributed by atoms with Gasteiger partial charge in [-0.2, -0.15) is 0 Å². The Morgan fingerprint density at radius 1 is 1.75 bits per heavy atom. The number of terminal acetylenes is 1. The zero-order valence-corrected chi connectivity index (χ0v) is 10.0. The second kappa shape index (κ2) is 5.37. The van der Waals surface area contributed by atoms with Crippen LogP contribution in [0.25, 0.3) is 0 Å². The van der Waals surface area contributed by atoms with Crippen molar-refractivity contribution >= 4 is 28.2 Å². The number of carbonyl (C=O) groups is 1. The van der Waals surface area contributed by atoms with E-state index in [-0.39, 0.29) is 17.8 Å². The molecule has 4 N–H and O–H groups in total. The topological polar surface area (TPSA) is 80.0 Å². The molecule has 0 saturated carbocycles. The van der Waals surface area contributed by atoms with Crippen LogP contribution >= 0.6 is 11.3 Å². The summed E-state index contributed by atoms with van der Waals surface area (Å²) in [4.78, 5) is 16.2. The van der Waals surface area contributed by atoms with E-state index in [2.05, 4.69) is 21.5 Å². The minimum atomic E-state index is -0.237. The van der Waals surface area contributed by atoms with Gasteiger partial charge >= 0.3 is 0 Å². The number of hydrogen-bond acceptors (Lipinski definition) is 5. The molecule has 0 radical (unpaired) electrons. The molecule has 0 spiro atoms. The van der Waals surface area contributed by atoms with E-state index in [4.69, 9.17) is 12.2 Å². The first-order chi connectivity index (χ1) is 7.58. The summed E-state index contributed by atoms with van der Waals surface area (Å²) in [5.41, 5.74) is 5.63. The highest BCUT2D eigenvalue weighted by molar-refractivity contribution is 7.18. The van der Waals surface area contributed by atoms with Gasteiger partial charge in [0.2, 0.25) is 0 Å². The quantitative estimate of drug-likeness (QED) is 0.681. The molecular weight excluding hydrogens is 224 g/mol. The van der Waals surface area contributed by atoms with Crippen LogP contribution in [0.4, 0.5) is 10.9 Å². The van der Waals surface area contributed by atoms with Gasteiger partial charge in [0, 0.05) is 19.5 Å². The zero-order chi connectivity index (χ0) is 12.1. The van der Waals surface area contributed by atoms with Crippen LogP contribution in [0.3, 0.4) is 0 Å². The van der Waals surface area contributed by atoms with Crippen LogP contribution in [0.15, 0.2) is 0 Å². The van der Waals surface area contributed by atoms with Gasteiger partial charge in [0.25, 0.3) is 5.91 Å². The van der Waals surface area contributed by atoms with Crippen molar-refractivity contribution in [2.75, 3.05) is 18.1 Å². The predicted molar refractivity (Wildman–Crippen MR) is 66.5 cm³/mol. The molecule has 86 valence electrons. The molecule has 0 aliphatic rings. The maximum Gasteiger partial charge on any atom is 0.265 e. The molecule has 0 fully saturated rings. The lowest BCUT2D eigenvalue weighted by molar-refractivity contribution is 0.0945. The first-order valence-corrected chi connectivity index (χ1v) is 5.58. The molecule has 0 saturated heterocycles. The summed E-state index contributed by atoms with van der Waals surface area (Å²) in [7, 11) is 1.72. The standard InChI is InChI=1S/C10H14N4OS/c1-4-5-6(2)13-9(15)7-8(11)14-10(12-3)16-7/h1,6H,5,11H2,2-3H3,(H,12,14)(H,13,15). The number of nitrogens with one attached hydrogen (secondary N) is 2. The lowest BCUT2D eigenvalue weighted by Crippen LogP contribution is -2.32.